The third-order valence-corrected chi connectivity index (χ3v) is 3.13. The topological polar surface area (TPSA) is 74.5 Å². The van der Waals surface area contributed by atoms with Crippen molar-refractivity contribution in [2.75, 3.05) is 20.1 Å². The molecule has 0 saturated carbocycles. The highest BCUT2D eigenvalue weighted by atomic mass is 16.4. The Hall–Kier alpha value is -1.85. The molecule has 0 spiro atoms. The van der Waals surface area contributed by atoms with Crippen molar-refractivity contribution in [2.24, 2.45) is 0 Å². The van der Waals surface area contributed by atoms with Gasteiger partial charge in [0, 0.05) is 11.9 Å². The first kappa shape index (κ1) is 13.6. The molecular formula is C14H18N2O3. The van der Waals surface area contributed by atoms with Crippen LogP contribution in [0, 0.1) is 0 Å². The molecule has 0 aliphatic rings. The number of benzene rings is 1. The van der Waals surface area contributed by atoms with Gasteiger partial charge in [-0.3, -0.25) is 4.79 Å². The molecule has 0 aliphatic carbocycles. The Bertz CT molecular complexity index is 550. The summed E-state index contributed by atoms with van der Waals surface area (Å²) >= 11 is 0. The van der Waals surface area contributed by atoms with Gasteiger partial charge in [0.2, 0.25) is 0 Å². The summed E-state index contributed by atoms with van der Waals surface area (Å²) < 4.78 is 5.45. The molecule has 1 aromatic heterocycles. The Balaban J connectivity index is 1.84. The molecule has 1 atom stereocenters. The van der Waals surface area contributed by atoms with Gasteiger partial charge in [0.15, 0.2) is 0 Å². The molecule has 102 valence electrons. The first-order valence-electron chi connectivity index (χ1n) is 6.28. The van der Waals surface area contributed by atoms with E-state index in [9.17, 15) is 4.79 Å². The van der Waals surface area contributed by atoms with Gasteiger partial charge in [-0.2, -0.15) is 0 Å². The Morgan fingerprint density at radius 1 is 1.42 bits per heavy atom. The van der Waals surface area contributed by atoms with Crippen molar-refractivity contribution in [2.45, 2.75) is 12.5 Å². The molecule has 0 bridgehead atoms. The van der Waals surface area contributed by atoms with Crippen LogP contribution in [0.2, 0.25) is 0 Å². The fourth-order valence-corrected chi connectivity index (χ4v) is 2.01. The SMILES string of the molecule is CNC(CNCCc1coc2ccccc12)C(=O)O. The zero-order valence-electron chi connectivity index (χ0n) is 10.8. The van der Waals surface area contributed by atoms with Gasteiger partial charge < -0.3 is 20.2 Å². The molecule has 5 nitrogen and oxygen atoms in total. The predicted octanol–water partition coefficient (Wildman–Crippen LogP) is 1.24. The van der Waals surface area contributed by atoms with Crippen LogP contribution in [0.15, 0.2) is 34.9 Å². The fraction of sp³-hybridized carbons (Fsp3) is 0.357. The molecule has 0 aliphatic heterocycles. The number of rotatable bonds is 7. The smallest absolute Gasteiger partial charge is 0.322 e. The van der Waals surface area contributed by atoms with Crippen molar-refractivity contribution in [3.05, 3.63) is 36.1 Å². The number of carbonyl (C=O) groups is 1. The molecule has 19 heavy (non-hydrogen) atoms. The molecule has 5 heteroatoms. The van der Waals surface area contributed by atoms with Crippen molar-refractivity contribution < 1.29 is 14.3 Å². The summed E-state index contributed by atoms with van der Waals surface area (Å²) in [7, 11) is 1.64. The zero-order valence-corrected chi connectivity index (χ0v) is 10.8. The van der Waals surface area contributed by atoms with Crippen molar-refractivity contribution in [3.63, 3.8) is 0 Å². The standard InChI is InChI=1S/C14H18N2O3/c1-15-12(14(17)18)8-16-7-6-10-9-19-13-5-3-2-4-11(10)13/h2-5,9,12,15-16H,6-8H2,1H3,(H,17,18). The van der Waals surface area contributed by atoms with E-state index in [2.05, 4.69) is 10.6 Å². The number of para-hydroxylation sites is 1. The minimum atomic E-state index is -0.844. The molecule has 1 aromatic carbocycles. The highest BCUT2D eigenvalue weighted by molar-refractivity contribution is 5.80. The number of hydrogen-bond acceptors (Lipinski definition) is 4. The van der Waals surface area contributed by atoms with E-state index in [0.717, 1.165) is 29.5 Å². The van der Waals surface area contributed by atoms with E-state index in [4.69, 9.17) is 9.52 Å². The van der Waals surface area contributed by atoms with Crippen LogP contribution in [0.3, 0.4) is 0 Å². The molecule has 2 aromatic rings. The number of carboxylic acid groups (broad SMARTS) is 1. The summed E-state index contributed by atoms with van der Waals surface area (Å²) in [5, 5.41) is 15.9. The minimum Gasteiger partial charge on any atom is -0.480 e. The van der Waals surface area contributed by atoms with Crippen LogP contribution in [-0.4, -0.2) is 37.3 Å². The van der Waals surface area contributed by atoms with Crippen LogP contribution in [0.4, 0.5) is 0 Å². The number of fused-ring (bicyclic) bond motifs is 1. The number of carboxylic acids is 1. The van der Waals surface area contributed by atoms with Crippen LogP contribution >= 0.6 is 0 Å². The van der Waals surface area contributed by atoms with Crippen LogP contribution < -0.4 is 10.6 Å². The number of hydrogen-bond donors (Lipinski definition) is 3. The predicted molar refractivity (Wildman–Crippen MR) is 73.3 cm³/mol. The second-order valence-electron chi connectivity index (χ2n) is 4.39. The van der Waals surface area contributed by atoms with E-state index in [1.165, 1.54) is 0 Å². The van der Waals surface area contributed by atoms with Crippen molar-refractivity contribution in [1.82, 2.24) is 10.6 Å². The van der Waals surface area contributed by atoms with E-state index < -0.39 is 12.0 Å². The number of likely N-dealkylation sites (N-methyl/N-ethyl adjacent to an activating group) is 1. The van der Waals surface area contributed by atoms with Crippen molar-refractivity contribution in [3.8, 4) is 0 Å². The zero-order chi connectivity index (χ0) is 13.7. The molecule has 1 unspecified atom stereocenters. The second kappa shape index (κ2) is 6.36. The van der Waals surface area contributed by atoms with E-state index in [0.29, 0.717) is 6.54 Å². The average molecular weight is 262 g/mol. The Labute approximate surface area is 111 Å². The Morgan fingerprint density at radius 3 is 2.95 bits per heavy atom. The van der Waals surface area contributed by atoms with Crippen LogP contribution in [-0.2, 0) is 11.2 Å². The van der Waals surface area contributed by atoms with Gasteiger partial charge in [-0.25, -0.2) is 0 Å². The number of aliphatic carboxylic acids is 1. The Kier molecular flexibility index (Phi) is 4.54. The summed E-state index contributed by atoms with van der Waals surface area (Å²) in [4.78, 5) is 10.8. The molecular weight excluding hydrogens is 244 g/mol. The maximum Gasteiger partial charge on any atom is 0.322 e. The van der Waals surface area contributed by atoms with E-state index in [1.54, 1.807) is 13.3 Å². The minimum absolute atomic E-state index is 0.404. The van der Waals surface area contributed by atoms with Gasteiger partial charge in [0.05, 0.1) is 6.26 Å². The van der Waals surface area contributed by atoms with Crippen LogP contribution in [0.1, 0.15) is 5.56 Å². The molecule has 0 fully saturated rings. The maximum atomic E-state index is 10.8. The molecule has 3 N–H and O–H groups in total. The molecule has 0 amide bonds. The summed E-state index contributed by atoms with van der Waals surface area (Å²) in [6.45, 7) is 1.12. The molecule has 0 saturated heterocycles. The highest BCUT2D eigenvalue weighted by Crippen LogP contribution is 2.20. The van der Waals surface area contributed by atoms with Crippen LogP contribution in [0.5, 0.6) is 0 Å². The third-order valence-electron chi connectivity index (χ3n) is 3.13. The molecule has 0 radical (unpaired) electrons. The first-order valence-corrected chi connectivity index (χ1v) is 6.28. The van der Waals surface area contributed by atoms with Gasteiger partial charge in [0.25, 0.3) is 0 Å². The van der Waals surface area contributed by atoms with Crippen LogP contribution in [0.25, 0.3) is 11.0 Å². The molecule has 1 heterocycles. The Morgan fingerprint density at radius 2 is 2.21 bits per heavy atom. The quantitative estimate of drug-likeness (QED) is 0.655. The lowest BCUT2D eigenvalue weighted by Crippen LogP contribution is -2.43. The normalized spacial score (nSPS) is 12.7. The number of nitrogens with one attached hydrogen (secondary N) is 2. The fourth-order valence-electron chi connectivity index (χ4n) is 2.01. The summed E-state index contributed by atoms with van der Waals surface area (Å²) in [6, 6.07) is 7.34. The van der Waals surface area contributed by atoms with Gasteiger partial charge in [-0.1, -0.05) is 18.2 Å². The lowest BCUT2D eigenvalue weighted by atomic mass is 10.1. The van der Waals surface area contributed by atoms with Gasteiger partial charge >= 0.3 is 5.97 Å². The lowest BCUT2D eigenvalue weighted by molar-refractivity contribution is -0.139. The lowest BCUT2D eigenvalue weighted by Gasteiger charge is -2.11. The summed E-state index contributed by atoms with van der Waals surface area (Å²) in [5.41, 5.74) is 2.02. The third kappa shape index (κ3) is 3.33. The molecule has 2 rings (SSSR count). The number of furan rings is 1. The first-order chi connectivity index (χ1) is 9.22. The van der Waals surface area contributed by atoms with Gasteiger partial charge in [-0.15, -0.1) is 0 Å². The highest BCUT2D eigenvalue weighted by Gasteiger charge is 2.13. The monoisotopic (exact) mass is 262 g/mol. The van der Waals surface area contributed by atoms with Crippen molar-refractivity contribution in [1.29, 1.82) is 0 Å². The van der Waals surface area contributed by atoms with E-state index in [-0.39, 0.29) is 0 Å². The maximum absolute atomic E-state index is 10.8. The van der Waals surface area contributed by atoms with E-state index >= 15 is 0 Å². The summed E-state index contributed by atoms with van der Waals surface area (Å²) in [6.07, 6.45) is 2.58. The van der Waals surface area contributed by atoms with E-state index in [1.807, 2.05) is 24.3 Å². The second-order valence-corrected chi connectivity index (χ2v) is 4.39. The largest absolute Gasteiger partial charge is 0.480 e. The van der Waals surface area contributed by atoms with Crippen molar-refractivity contribution >= 4 is 16.9 Å². The van der Waals surface area contributed by atoms with Gasteiger partial charge in [0.1, 0.15) is 11.6 Å². The average Bonchev–Trinajstić information content (AvgIpc) is 2.82. The van der Waals surface area contributed by atoms with Gasteiger partial charge in [-0.05, 0) is 31.6 Å². The summed E-state index contributed by atoms with van der Waals surface area (Å²) in [5.74, 6) is -0.844.